The van der Waals surface area contributed by atoms with Gasteiger partial charge >= 0.3 is 5.97 Å². The van der Waals surface area contributed by atoms with E-state index in [-0.39, 0.29) is 18.3 Å². The van der Waals surface area contributed by atoms with Crippen molar-refractivity contribution in [3.05, 3.63) is 139 Å². The van der Waals surface area contributed by atoms with E-state index >= 15 is 0 Å². The first-order valence-electron chi connectivity index (χ1n) is 15.6. The first-order chi connectivity index (χ1) is 23.2. The zero-order valence-corrected chi connectivity index (χ0v) is 29.1. The number of ether oxygens (including phenoxy) is 2. The number of carbonyl (C=O) groups excluding carboxylic acids is 1. The fraction of sp³-hybridized carbons (Fsp3) is 0.211. The van der Waals surface area contributed by atoms with E-state index in [9.17, 15) is 9.59 Å². The summed E-state index contributed by atoms with van der Waals surface area (Å²) < 4.78 is 15.4. The lowest BCUT2D eigenvalue weighted by molar-refractivity contribution is -0.138. The Kier molecular flexibility index (Phi) is 9.66. The van der Waals surface area contributed by atoms with Gasteiger partial charge in [0.2, 0.25) is 0 Å². The maximum atomic E-state index is 14.4. The number of thioether (sulfide) groups is 1. The molecule has 0 amide bonds. The average Bonchev–Trinajstić information content (AvgIpc) is 3.64. The average molecular weight is 677 g/mol. The molecule has 244 valence electrons. The molecule has 10 heteroatoms. The van der Waals surface area contributed by atoms with Gasteiger partial charge in [0.05, 0.1) is 33.6 Å². The van der Waals surface area contributed by atoms with Crippen LogP contribution >= 0.6 is 23.1 Å². The van der Waals surface area contributed by atoms with Gasteiger partial charge in [-0.05, 0) is 93.6 Å². The predicted molar refractivity (Wildman–Crippen MR) is 193 cm³/mol. The molecule has 48 heavy (non-hydrogen) atoms. The largest absolute Gasteiger partial charge is 0.491 e. The van der Waals surface area contributed by atoms with E-state index < -0.39 is 12.0 Å². The molecule has 1 aliphatic rings. The summed E-state index contributed by atoms with van der Waals surface area (Å²) >= 11 is 2.91. The second-order valence-electron chi connectivity index (χ2n) is 11.6. The zero-order valence-electron chi connectivity index (χ0n) is 27.5. The van der Waals surface area contributed by atoms with Crippen molar-refractivity contribution in [2.45, 2.75) is 44.7 Å². The van der Waals surface area contributed by atoms with Crippen LogP contribution in [0.2, 0.25) is 0 Å². The number of para-hydroxylation sites is 1. The fourth-order valence-corrected chi connectivity index (χ4v) is 7.10. The molecule has 0 saturated heterocycles. The zero-order chi connectivity index (χ0) is 33.9. The topological polar surface area (TPSA) is 87.7 Å². The molecule has 5 aromatic rings. The number of rotatable bonds is 10. The number of fused-ring (bicyclic) bond motifs is 1. The van der Waals surface area contributed by atoms with Gasteiger partial charge in [-0.3, -0.25) is 9.36 Å². The standard InChI is InChI=1S/C38H36N4O4S2/c1-7-19-45-37(44)33-25(5)39-38-42(35(33)26-13-16-30(47-6)17-14-26)36(43)32(48-38)21-28-22-41(29-11-9-8-10-12-29)40-34(28)27-15-18-31(24(4)20-27)46-23(2)3/h7-18,20-23,35H,1,19H2,2-6H3. The smallest absolute Gasteiger partial charge is 0.338 e. The van der Waals surface area contributed by atoms with Crippen LogP contribution in [0.3, 0.4) is 0 Å². The second kappa shape index (κ2) is 14.0. The Morgan fingerprint density at radius 2 is 1.83 bits per heavy atom. The van der Waals surface area contributed by atoms with Crippen LogP contribution in [-0.2, 0) is 9.53 Å². The second-order valence-corrected chi connectivity index (χ2v) is 13.5. The number of benzene rings is 3. The van der Waals surface area contributed by atoms with Crippen LogP contribution in [0.25, 0.3) is 23.0 Å². The van der Waals surface area contributed by atoms with Crippen LogP contribution in [0.15, 0.2) is 118 Å². The number of aromatic nitrogens is 3. The summed E-state index contributed by atoms with van der Waals surface area (Å²) in [5.41, 5.74) is 5.62. The van der Waals surface area contributed by atoms with E-state index in [1.54, 1.807) is 23.3 Å². The number of thiazole rings is 1. The Morgan fingerprint density at radius 3 is 2.50 bits per heavy atom. The van der Waals surface area contributed by atoms with Crippen molar-refractivity contribution in [3.8, 4) is 22.7 Å². The molecule has 8 nitrogen and oxygen atoms in total. The van der Waals surface area contributed by atoms with Crippen LogP contribution in [0, 0.1) is 6.92 Å². The molecule has 0 spiro atoms. The van der Waals surface area contributed by atoms with Gasteiger partial charge in [0, 0.05) is 22.2 Å². The van der Waals surface area contributed by atoms with E-state index in [2.05, 4.69) is 12.6 Å². The molecule has 0 fully saturated rings. The summed E-state index contributed by atoms with van der Waals surface area (Å²) in [6, 6.07) is 23.0. The first kappa shape index (κ1) is 33.0. The Morgan fingerprint density at radius 1 is 1.08 bits per heavy atom. The third-order valence-electron chi connectivity index (χ3n) is 7.87. The van der Waals surface area contributed by atoms with Gasteiger partial charge in [-0.25, -0.2) is 14.5 Å². The Balaban J connectivity index is 1.53. The molecule has 1 unspecified atom stereocenters. The number of allylic oxidation sites excluding steroid dienone is 1. The van der Waals surface area contributed by atoms with E-state index in [1.807, 2.05) is 111 Å². The summed E-state index contributed by atoms with van der Waals surface area (Å²) in [4.78, 5) is 34.1. The first-order valence-corrected chi connectivity index (χ1v) is 17.6. The highest BCUT2D eigenvalue weighted by molar-refractivity contribution is 7.98. The molecule has 3 aromatic carbocycles. The molecule has 3 heterocycles. The lowest BCUT2D eigenvalue weighted by atomic mass is 9.96. The number of hydrogen-bond acceptors (Lipinski definition) is 8. The van der Waals surface area contributed by atoms with E-state index in [1.165, 1.54) is 17.4 Å². The number of carbonyl (C=O) groups is 1. The third-order valence-corrected chi connectivity index (χ3v) is 9.59. The highest BCUT2D eigenvalue weighted by atomic mass is 32.2. The molecule has 0 bridgehead atoms. The molecule has 1 aliphatic heterocycles. The highest BCUT2D eigenvalue weighted by Gasteiger charge is 2.33. The molecule has 2 aromatic heterocycles. The summed E-state index contributed by atoms with van der Waals surface area (Å²) in [7, 11) is 0. The monoisotopic (exact) mass is 676 g/mol. The van der Waals surface area contributed by atoms with E-state index in [4.69, 9.17) is 19.6 Å². The molecular formula is C38H36N4O4S2. The number of hydrogen-bond donors (Lipinski definition) is 0. The molecule has 0 saturated carbocycles. The molecule has 0 aliphatic carbocycles. The molecule has 6 rings (SSSR count). The van der Waals surface area contributed by atoms with Gasteiger partial charge < -0.3 is 9.47 Å². The number of nitrogens with zero attached hydrogens (tertiary/aromatic N) is 4. The minimum absolute atomic E-state index is 0.0498. The van der Waals surface area contributed by atoms with Gasteiger partial charge in [0.1, 0.15) is 18.1 Å². The molecule has 0 N–H and O–H groups in total. The summed E-state index contributed by atoms with van der Waals surface area (Å²) in [5.74, 6) is 0.283. The van der Waals surface area contributed by atoms with Crippen molar-refractivity contribution in [2.75, 3.05) is 12.9 Å². The summed E-state index contributed by atoms with van der Waals surface area (Å²) in [5, 5.41) is 4.98. The maximum Gasteiger partial charge on any atom is 0.338 e. The quantitative estimate of drug-likeness (QED) is 0.0938. The van der Waals surface area contributed by atoms with E-state index in [0.29, 0.717) is 20.6 Å². The lowest BCUT2D eigenvalue weighted by Crippen LogP contribution is -2.39. The molecule has 0 radical (unpaired) electrons. The normalized spacial score (nSPS) is 14.5. The number of aryl methyl sites for hydroxylation is 1. The summed E-state index contributed by atoms with van der Waals surface area (Å²) in [6.07, 6.45) is 7.36. The van der Waals surface area contributed by atoms with Crippen molar-refractivity contribution in [2.24, 2.45) is 4.99 Å². The SMILES string of the molecule is C=CCOC(=O)C1=C(C)N=c2sc(=Cc3cn(-c4ccccc4)nc3-c3ccc(OC(C)C)c(C)c3)c(=O)n2C1c1ccc(SC)cc1. The lowest BCUT2D eigenvalue weighted by Gasteiger charge is -2.24. The van der Waals surface area contributed by atoms with Gasteiger partial charge in [0.25, 0.3) is 5.56 Å². The van der Waals surface area contributed by atoms with Crippen molar-refractivity contribution in [1.82, 2.24) is 14.3 Å². The van der Waals surface area contributed by atoms with Crippen molar-refractivity contribution in [3.63, 3.8) is 0 Å². The predicted octanol–water partition coefficient (Wildman–Crippen LogP) is 6.63. The molecular weight excluding hydrogens is 641 g/mol. The van der Waals surface area contributed by atoms with E-state index in [0.717, 1.165) is 44.3 Å². The van der Waals surface area contributed by atoms with Crippen LogP contribution < -0.4 is 19.6 Å². The van der Waals surface area contributed by atoms with Crippen LogP contribution in [0.4, 0.5) is 0 Å². The minimum Gasteiger partial charge on any atom is -0.491 e. The van der Waals surface area contributed by atoms with Crippen molar-refractivity contribution in [1.29, 1.82) is 0 Å². The van der Waals surface area contributed by atoms with Crippen LogP contribution in [0.5, 0.6) is 5.75 Å². The Hall–Kier alpha value is -4.93. The van der Waals surface area contributed by atoms with Crippen molar-refractivity contribution < 1.29 is 14.3 Å². The highest BCUT2D eigenvalue weighted by Crippen LogP contribution is 2.32. The maximum absolute atomic E-state index is 14.4. The number of esters is 1. The molecule has 1 atom stereocenters. The summed E-state index contributed by atoms with van der Waals surface area (Å²) in [6.45, 7) is 11.5. The Bertz CT molecular complexity index is 2210. The fourth-order valence-electron chi connectivity index (χ4n) is 5.65. The van der Waals surface area contributed by atoms with Gasteiger partial charge in [-0.15, -0.1) is 11.8 Å². The third kappa shape index (κ3) is 6.58. The Labute approximate surface area is 287 Å². The van der Waals surface area contributed by atoms with Crippen molar-refractivity contribution >= 4 is 35.1 Å². The van der Waals surface area contributed by atoms with Gasteiger partial charge in [0.15, 0.2) is 4.80 Å². The van der Waals surface area contributed by atoms with Crippen LogP contribution in [0.1, 0.15) is 43.5 Å². The van der Waals surface area contributed by atoms with Gasteiger partial charge in [-0.2, -0.15) is 5.10 Å². The van der Waals surface area contributed by atoms with Crippen LogP contribution in [-0.4, -0.2) is 39.3 Å². The minimum atomic E-state index is -0.709. The van der Waals surface area contributed by atoms with Gasteiger partial charge in [-0.1, -0.05) is 54.3 Å².